The number of thiophene rings is 1. The van der Waals surface area contributed by atoms with E-state index in [2.05, 4.69) is 32.8 Å². The molecule has 3 rings (SSSR count). The molecule has 1 aliphatic rings. The summed E-state index contributed by atoms with van der Waals surface area (Å²) in [6.45, 7) is 6.99. The molecule has 0 unspecified atom stereocenters. The van der Waals surface area contributed by atoms with E-state index in [1.807, 2.05) is 0 Å². The molecule has 0 aromatic carbocycles. The number of anilines is 1. The van der Waals surface area contributed by atoms with Crippen LogP contribution in [0.2, 0.25) is 0 Å². The van der Waals surface area contributed by atoms with Crippen LogP contribution in [0.3, 0.4) is 0 Å². The number of nitrogens with zero attached hydrogens (tertiary/aromatic N) is 4. The lowest BCUT2D eigenvalue weighted by Gasteiger charge is -2.35. The first-order chi connectivity index (χ1) is 9.28. The molecule has 0 radical (unpaired) electrons. The zero-order chi connectivity index (χ0) is 13.2. The highest BCUT2D eigenvalue weighted by Crippen LogP contribution is 2.30. The average molecular weight is 314 g/mol. The van der Waals surface area contributed by atoms with Crippen LogP contribution in [0.1, 0.15) is 4.88 Å². The van der Waals surface area contributed by atoms with Crippen LogP contribution in [0.15, 0.2) is 12.4 Å². The minimum Gasteiger partial charge on any atom is -1.00 e. The number of aliphatic hydroxyl groups excluding tert-OH is 1. The number of halogens is 1. The number of rotatable bonds is 3. The normalized spacial score (nSPS) is 16.4. The Balaban J connectivity index is 0.00000147. The van der Waals surface area contributed by atoms with Crippen LogP contribution in [0.5, 0.6) is 0 Å². The first-order valence-electron chi connectivity index (χ1n) is 6.57. The predicted molar refractivity (Wildman–Crippen MR) is 77.9 cm³/mol. The van der Waals surface area contributed by atoms with Crippen LogP contribution in [-0.2, 0) is 0 Å². The summed E-state index contributed by atoms with van der Waals surface area (Å²) in [7, 11) is 0. The first kappa shape index (κ1) is 15.4. The highest BCUT2D eigenvalue weighted by molar-refractivity contribution is 7.18. The van der Waals surface area contributed by atoms with Crippen LogP contribution in [-0.4, -0.2) is 59.3 Å². The molecule has 20 heavy (non-hydrogen) atoms. The van der Waals surface area contributed by atoms with E-state index < -0.39 is 0 Å². The Bertz CT molecular complexity index is 568. The van der Waals surface area contributed by atoms with E-state index in [9.17, 15) is 0 Å². The molecule has 0 saturated carbocycles. The van der Waals surface area contributed by atoms with E-state index in [1.165, 1.54) is 10.3 Å². The van der Waals surface area contributed by atoms with Crippen LogP contribution < -0.4 is 17.3 Å². The molecule has 7 heteroatoms. The summed E-state index contributed by atoms with van der Waals surface area (Å²) in [6, 6.07) is 2.18. The highest BCUT2D eigenvalue weighted by atomic mass is 35.5. The number of aromatic nitrogens is 2. The van der Waals surface area contributed by atoms with E-state index in [-0.39, 0.29) is 19.0 Å². The maximum Gasteiger partial charge on any atom is 0.140 e. The molecule has 1 aliphatic heterocycles. The Morgan fingerprint density at radius 2 is 2.00 bits per heavy atom. The molecule has 0 amide bonds. The van der Waals surface area contributed by atoms with E-state index in [0.29, 0.717) is 0 Å². The van der Waals surface area contributed by atoms with Crippen molar-refractivity contribution in [2.45, 2.75) is 6.92 Å². The molecule has 110 valence electrons. The quantitative estimate of drug-likeness (QED) is 0.719. The van der Waals surface area contributed by atoms with Crippen molar-refractivity contribution in [2.24, 2.45) is 0 Å². The third-order valence-corrected chi connectivity index (χ3v) is 4.48. The molecule has 5 nitrogen and oxygen atoms in total. The fourth-order valence-electron chi connectivity index (χ4n) is 2.54. The van der Waals surface area contributed by atoms with Gasteiger partial charge >= 0.3 is 0 Å². The van der Waals surface area contributed by atoms with Crippen LogP contribution >= 0.6 is 11.3 Å². The largest absolute Gasteiger partial charge is 1.00 e. The highest BCUT2D eigenvalue weighted by Gasteiger charge is 2.20. The van der Waals surface area contributed by atoms with E-state index in [0.717, 1.165) is 43.4 Å². The molecule has 2 aromatic heterocycles. The van der Waals surface area contributed by atoms with Gasteiger partial charge in [0.1, 0.15) is 17.0 Å². The van der Waals surface area contributed by atoms with Gasteiger partial charge < -0.3 is 22.4 Å². The summed E-state index contributed by atoms with van der Waals surface area (Å²) >= 11 is 1.72. The van der Waals surface area contributed by atoms with Gasteiger partial charge in [0, 0.05) is 37.6 Å². The van der Waals surface area contributed by atoms with Gasteiger partial charge in [0.05, 0.1) is 12.0 Å². The Morgan fingerprint density at radius 3 is 2.70 bits per heavy atom. The lowest BCUT2D eigenvalue weighted by Crippen LogP contribution is -3.00. The summed E-state index contributed by atoms with van der Waals surface area (Å²) in [4.78, 5) is 15.8. The van der Waals surface area contributed by atoms with Gasteiger partial charge in [-0.25, -0.2) is 9.97 Å². The van der Waals surface area contributed by atoms with Crippen LogP contribution in [0.4, 0.5) is 5.82 Å². The second-order valence-corrected chi connectivity index (χ2v) is 6.06. The van der Waals surface area contributed by atoms with E-state index in [4.69, 9.17) is 5.11 Å². The Kier molecular flexibility index (Phi) is 5.15. The Labute approximate surface area is 128 Å². The molecular weight excluding hydrogens is 296 g/mol. The van der Waals surface area contributed by atoms with Crippen molar-refractivity contribution in [2.75, 3.05) is 44.2 Å². The van der Waals surface area contributed by atoms with Gasteiger partial charge in [-0.15, -0.1) is 11.3 Å². The van der Waals surface area contributed by atoms with Crippen molar-refractivity contribution in [3.63, 3.8) is 0 Å². The van der Waals surface area contributed by atoms with Gasteiger partial charge in [-0.3, -0.25) is 4.90 Å². The fourth-order valence-corrected chi connectivity index (χ4v) is 3.38. The topological polar surface area (TPSA) is 52.5 Å². The summed E-state index contributed by atoms with van der Waals surface area (Å²) < 4.78 is 0. The fraction of sp³-hybridized carbons (Fsp3) is 0.538. The molecule has 1 fully saturated rings. The molecule has 0 atom stereocenters. The monoisotopic (exact) mass is 313 g/mol. The minimum atomic E-state index is 0. The van der Waals surface area contributed by atoms with Crippen molar-refractivity contribution in [1.29, 1.82) is 0 Å². The third kappa shape index (κ3) is 3.03. The minimum absolute atomic E-state index is 0. The van der Waals surface area contributed by atoms with Crippen LogP contribution in [0.25, 0.3) is 10.2 Å². The zero-order valence-electron chi connectivity index (χ0n) is 11.4. The number of hydrogen-bond donors (Lipinski definition) is 1. The summed E-state index contributed by atoms with van der Waals surface area (Å²) in [5.41, 5.74) is 0. The van der Waals surface area contributed by atoms with Crippen molar-refractivity contribution < 1.29 is 17.5 Å². The zero-order valence-corrected chi connectivity index (χ0v) is 13.0. The maximum atomic E-state index is 8.97. The predicted octanol–water partition coefficient (Wildman–Crippen LogP) is -1.88. The number of β-amino-alcohol motifs (C(OH)–C–C–N with tert-alkyl or cyclic N) is 1. The molecule has 3 heterocycles. The number of aliphatic hydroxyl groups is 1. The van der Waals surface area contributed by atoms with Gasteiger partial charge in [-0.2, -0.15) is 0 Å². The molecule has 0 aliphatic carbocycles. The summed E-state index contributed by atoms with van der Waals surface area (Å²) in [5, 5.41) is 10.1. The van der Waals surface area contributed by atoms with Crippen molar-refractivity contribution >= 4 is 27.4 Å². The number of fused-ring (bicyclic) bond motifs is 1. The lowest BCUT2D eigenvalue weighted by atomic mass is 10.2. The standard InChI is InChI=1S/C13H18N4OS.ClH/c1-10-8-11-12(14-9-15-13(11)19-10)17-4-2-16(3-5-17)6-7-18;/h8-9,18H,2-7H2,1H3;1H/p-1. The molecular formula is C13H18ClN4OS-. The smallest absolute Gasteiger partial charge is 0.140 e. The number of aryl methyl sites for hydroxylation is 1. The summed E-state index contributed by atoms with van der Waals surface area (Å²) in [6.07, 6.45) is 1.66. The average Bonchev–Trinajstić information content (AvgIpc) is 2.80. The second-order valence-electron chi connectivity index (χ2n) is 4.83. The van der Waals surface area contributed by atoms with Crippen molar-refractivity contribution in [3.05, 3.63) is 17.3 Å². The third-order valence-electron chi connectivity index (χ3n) is 3.52. The van der Waals surface area contributed by atoms with Gasteiger partial charge in [0.25, 0.3) is 0 Å². The Morgan fingerprint density at radius 1 is 1.25 bits per heavy atom. The molecule has 0 bridgehead atoms. The summed E-state index contributed by atoms with van der Waals surface area (Å²) in [5.74, 6) is 1.05. The molecule has 1 saturated heterocycles. The van der Waals surface area contributed by atoms with Crippen LogP contribution in [0, 0.1) is 6.92 Å². The molecule has 1 N–H and O–H groups in total. The van der Waals surface area contributed by atoms with E-state index >= 15 is 0 Å². The van der Waals surface area contributed by atoms with Crippen molar-refractivity contribution in [1.82, 2.24) is 14.9 Å². The van der Waals surface area contributed by atoms with Gasteiger partial charge in [0.2, 0.25) is 0 Å². The van der Waals surface area contributed by atoms with Crippen molar-refractivity contribution in [3.8, 4) is 0 Å². The SMILES string of the molecule is Cc1cc2c(N3CCN(CCO)CC3)ncnc2s1.[Cl-]. The molecule has 0 spiro atoms. The first-order valence-corrected chi connectivity index (χ1v) is 7.39. The molecule has 2 aromatic rings. The lowest BCUT2D eigenvalue weighted by molar-refractivity contribution is -0.00000507. The maximum absolute atomic E-state index is 8.97. The number of piperazine rings is 1. The second kappa shape index (κ2) is 6.67. The van der Waals surface area contributed by atoms with Gasteiger partial charge in [-0.1, -0.05) is 0 Å². The van der Waals surface area contributed by atoms with Gasteiger partial charge in [-0.05, 0) is 13.0 Å². The van der Waals surface area contributed by atoms with E-state index in [1.54, 1.807) is 17.7 Å². The van der Waals surface area contributed by atoms with Gasteiger partial charge in [0.15, 0.2) is 0 Å². The Hall–Kier alpha value is -0.950. The number of hydrogen-bond acceptors (Lipinski definition) is 6.